The number of aromatic carboxylic acids is 1. The van der Waals surface area contributed by atoms with Gasteiger partial charge < -0.3 is 10.1 Å². The van der Waals surface area contributed by atoms with E-state index in [0.29, 0.717) is 16.8 Å². The Morgan fingerprint density at radius 2 is 1.75 bits per heavy atom. The zero-order valence-corrected chi connectivity index (χ0v) is 15.9. The second-order valence-corrected chi connectivity index (χ2v) is 6.67. The quantitative estimate of drug-likeness (QED) is 0.655. The van der Waals surface area contributed by atoms with Gasteiger partial charge in [-0.3, -0.25) is 14.4 Å². The van der Waals surface area contributed by atoms with Crippen molar-refractivity contribution in [2.75, 3.05) is 0 Å². The number of hydrogen-bond donors (Lipinski definition) is 2. The number of carboxylic acid groups (broad SMARTS) is 1. The highest BCUT2D eigenvalue weighted by atomic mass is 16.4. The van der Waals surface area contributed by atoms with E-state index < -0.39 is 23.4 Å². The van der Waals surface area contributed by atoms with Crippen molar-refractivity contribution in [2.45, 2.75) is 33.7 Å². The number of H-pyrrole nitrogens is 1. The smallest absolute Gasteiger partial charge is 0.357 e. The molecule has 28 heavy (non-hydrogen) atoms. The first kappa shape index (κ1) is 19.2. The van der Waals surface area contributed by atoms with Crippen LogP contribution in [-0.4, -0.2) is 37.4 Å². The number of Topliss-reactive ketones (excluding diaryl/α,β-unsaturated/α-hetero) is 2. The highest BCUT2D eigenvalue weighted by molar-refractivity contribution is 6.05. The first-order valence-electron chi connectivity index (χ1n) is 8.64. The fourth-order valence-electron chi connectivity index (χ4n) is 3.47. The van der Waals surface area contributed by atoms with Crippen LogP contribution in [0.1, 0.15) is 62.5 Å². The lowest BCUT2D eigenvalue weighted by Crippen LogP contribution is -2.32. The Morgan fingerprint density at radius 3 is 2.29 bits per heavy atom. The van der Waals surface area contributed by atoms with E-state index in [1.165, 1.54) is 26.0 Å². The summed E-state index contributed by atoms with van der Waals surface area (Å²) in [5.41, 5.74) is 0.821. The molecule has 0 fully saturated rings. The number of nitrogens with one attached hydrogen (secondary N) is 1. The maximum Gasteiger partial charge on any atom is 0.357 e. The Morgan fingerprint density at radius 1 is 1.14 bits per heavy atom. The maximum absolute atomic E-state index is 13.0. The molecule has 1 atom stereocenters. The van der Waals surface area contributed by atoms with Crippen molar-refractivity contribution >= 4 is 28.3 Å². The molecule has 0 aliphatic carbocycles. The van der Waals surface area contributed by atoms with E-state index in [9.17, 15) is 24.3 Å². The van der Waals surface area contributed by atoms with Gasteiger partial charge in [-0.25, -0.2) is 9.48 Å². The van der Waals surface area contributed by atoms with Crippen molar-refractivity contribution < 1.29 is 19.5 Å². The van der Waals surface area contributed by atoms with E-state index in [1.807, 2.05) is 0 Å². The molecule has 3 rings (SSSR count). The van der Waals surface area contributed by atoms with Crippen molar-refractivity contribution in [1.82, 2.24) is 14.8 Å². The van der Waals surface area contributed by atoms with Crippen LogP contribution in [0.4, 0.5) is 0 Å². The Bertz CT molecular complexity index is 1200. The molecule has 0 saturated heterocycles. The summed E-state index contributed by atoms with van der Waals surface area (Å²) in [5, 5.41) is 13.8. The monoisotopic (exact) mass is 381 g/mol. The topological polar surface area (TPSA) is 122 Å². The number of nitrogens with zero attached hydrogens (tertiary/aromatic N) is 2. The van der Waals surface area contributed by atoms with Gasteiger partial charge in [0.2, 0.25) is 5.78 Å². The van der Waals surface area contributed by atoms with Crippen LogP contribution in [0.2, 0.25) is 0 Å². The predicted molar refractivity (Wildman–Crippen MR) is 102 cm³/mol. The van der Waals surface area contributed by atoms with Crippen LogP contribution in [-0.2, 0) is 0 Å². The number of ketones is 2. The first-order valence-corrected chi connectivity index (χ1v) is 8.64. The maximum atomic E-state index is 13.0. The number of aromatic nitrogens is 3. The van der Waals surface area contributed by atoms with E-state index in [2.05, 4.69) is 10.1 Å². The van der Waals surface area contributed by atoms with Gasteiger partial charge in [-0.05, 0) is 39.3 Å². The molecule has 2 N–H and O–H groups in total. The molecule has 0 radical (unpaired) electrons. The van der Waals surface area contributed by atoms with Crippen LogP contribution < -0.4 is 5.56 Å². The third-order valence-electron chi connectivity index (χ3n) is 4.81. The molecule has 0 saturated carbocycles. The summed E-state index contributed by atoms with van der Waals surface area (Å²) < 4.78 is 0.886. The number of rotatable bonds is 5. The van der Waals surface area contributed by atoms with Gasteiger partial charge in [-0.2, -0.15) is 5.10 Å². The lowest BCUT2D eigenvalue weighted by molar-refractivity contribution is 0.0686. The zero-order valence-electron chi connectivity index (χ0n) is 15.9. The molecule has 2 heterocycles. The predicted octanol–water partition coefficient (Wildman–Crippen LogP) is 2.69. The minimum Gasteiger partial charge on any atom is -0.476 e. The van der Waals surface area contributed by atoms with Gasteiger partial charge in [0.25, 0.3) is 5.56 Å². The molecular formula is C20H19N3O5. The largest absolute Gasteiger partial charge is 0.476 e. The molecule has 8 heteroatoms. The second kappa shape index (κ2) is 6.88. The van der Waals surface area contributed by atoms with Gasteiger partial charge in [-0.15, -0.1) is 0 Å². The average molecular weight is 381 g/mol. The van der Waals surface area contributed by atoms with Crippen molar-refractivity contribution in [3.05, 3.63) is 62.8 Å². The number of hydrogen-bond acceptors (Lipinski definition) is 5. The summed E-state index contributed by atoms with van der Waals surface area (Å²) in [6.45, 7) is 6.23. The van der Waals surface area contributed by atoms with Crippen molar-refractivity contribution in [3.63, 3.8) is 0 Å². The van der Waals surface area contributed by atoms with E-state index >= 15 is 0 Å². The number of carbonyl (C=O) groups excluding carboxylic acids is 2. The summed E-state index contributed by atoms with van der Waals surface area (Å²) in [7, 11) is 0. The summed E-state index contributed by atoms with van der Waals surface area (Å²) >= 11 is 0. The lowest BCUT2D eigenvalue weighted by Gasteiger charge is -2.15. The summed E-state index contributed by atoms with van der Waals surface area (Å²) in [6.07, 6.45) is 0. The van der Waals surface area contributed by atoms with Crippen LogP contribution in [0.25, 0.3) is 10.8 Å². The molecule has 2 aromatic heterocycles. The van der Waals surface area contributed by atoms with E-state index in [0.717, 1.165) is 4.68 Å². The molecule has 0 bridgehead atoms. The Labute approximate surface area is 159 Å². The number of carboxylic acids is 1. The number of carbonyl (C=O) groups is 3. The van der Waals surface area contributed by atoms with Crippen LogP contribution in [0, 0.1) is 13.8 Å². The van der Waals surface area contributed by atoms with E-state index in [4.69, 9.17) is 0 Å². The van der Waals surface area contributed by atoms with Gasteiger partial charge in [0.1, 0.15) is 6.04 Å². The summed E-state index contributed by atoms with van der Waals surface area (Å²) in [4.78, 5) is 52.2. The first-order chi connectivity index (χ1) is 13.1. The standard InChI is InChI=1S/C20H19N3O5/c1-9-15(12(4)24)10(2)21-16(9)18(25)11(3)23-19(26)14-8-6-5-7-13(14)17(22-23)20(27)28/h5-8,11,21H,1-4H3,(H,27,28). The Hall–Kier alpha value is -3.55. The third kappa shape index (κ3) is 2.92. The number of fused-ring (bicyclic) bond motifs is 1. The molecule has 3 aromatic rings. The summed E-state index contributed by atoms with van der Waals surface area (Å²) in [5.74, 6) is -1.93. The Balaban J connectivity index is 2.18. The summed E-state index contributed by atoms with van der Waals surface area (Å²) in [6, 6.07) is 5.16. The SMILES string of the molecule is CC(=O)c1c(C)[nH]c(C(=O)C(C)n2nc(C(=O)O)c3ccccc3c2=O)c1C. The van der Waals surface area contributed by atoms with Gasteiger partial charge >= 0.3 is 5.97 Å². The minimum atomic E-state index is -1.30. The third-order valence-corrected chi connectivity index (χ3v) is 4.81. The molecule has 0 aliphatic heterocycles. The molecular weight excluding hydrogens is 362 g/mol. The molecule has 8 nitrogen and oxygen atoms in total. The Kier molecular flexibility index (Phi) is 4.72. The minimum absolute atomic E-state index is 0.165. The second-order valence-electron chi connectivity index (χ2n) is 6.67. The molecule has 0 aliphatic rings. The van der Waals surface area contributed by atoms with Gasteiger partial charge in [0.15, 0.2) is 11.5 Å². The fraction of sp³-hybridized carbons (Fsp3) is 0.250. The van der Waals surface area contributed by atoms with Gasteiger partial charge in [0.05, 0.1) is 11.1 Å². The normalized spacial score (nSPS) is 12.1. The molecule has 1 aromatic carbocycles. The van der Waals surface area contributed by atoms with Crippen molar-refractivity contribution in [2.24, 2.45) is 0 Å². The van der Waals surface area contributed by atoms with Gasteiger partial charge in [0, 0.05) is 16.6 Å². The average Bonchev–Trinajstić information content (AvgIpc) is 2.95. The molecule has 0 spiro atoms. The van der Waals surface area contributed by atoms with E-state index in [1.54, 1.807) is 26.0 Å². The highest BCUT2D eigenvalue weighted by Crippen LogP contribution is 2.23. The number of benzene rings is 1. The number of aryl methyl sites for hydroxylation is 1. The van der Waals surface area contributed by atoms with Crippen molar-refractivity contribution in [1.29, 1.82) is 0 Å². The molecule has 1 unspecified atom stereocenters. The van der Waals surface area contributed by atoms with Crippen molar-refractivity contribution in [3.8, 4) is 0 Å². The highest BCUT2D eigenvalue weighted by Gasteiger charge is 2.27. The van der Waals surface area contributed by atoms with Crippen LogP contribution in [0.3, 0.4) is 0 Å². The molecule has 0 amide bonds. The van der Waals surface area contributed by atoms with Gasteiger partial charge in [-0.1, -0.05) is 18.2 Å². The van der Waals surface area contributed by atoms with E-state index in [-0.39, 0.29) is 27.9 Å². The lowest BCUT2D eigenvalue weighted by atomic mass is 10.0. The van der Waals surface area contributed by atoms with Crippen LogP contribution in [0.15, 0.2) is 29.1 Å². The number of aromatic amines is 1. The van der Waals surface area contributed by atoms with Crippen LogP contribution in [0.5, 0.6) is 0 Å². The van der Waals surface area contributed by atoms with Crippen LogP contribution >= 0.6 is 0 Å². The molecule has 144 valence electrons. The fourth-order valence-corrected chi connectivity index (χ4v) is 3.47. The zero-order chi connectivity index (χ0) is 20.7.